The lowest BCUT2D eigenvalue weighted by Crippen LogP contribution is -2.43. The van der Waals surface area contributed by atoms with Crippen LogP contribution in [-0.4, -0.2) is 64.4 Å². The van der Waals surface area contributed by atoms with Crippen molar-refractivity contribution >= 4 is 59.4 Å². The van der Waals surface area contributed by atoms with Crippen molar-refractivity contribution in [3.8, 4) is 22.3 Å². The number of carboxylic acids is 1. The van der Waals surface area contributed by atoms with E-state index in [1.54, 1.807) is 81.3 Å². The smallest absolute Gasteiger partial charge is 0.337 e. The number of aromatic nitrogens is 2. The van der Waals surface area contributed by atoms with Crippen LogP contribution in [0.4, 0.5) is 0 Å². The molecule has 0 fully saturated rings. The molecule has 4 N–H and O–H groups in total. The first-order chi connectivity index (χ1) is 30.8. The van der Waals surface area contributed by atoms with Crippen LogP contribution in [0.3, 0.4) is 0 Å². The molecule has 2 atom stereocenters. The second kappa shape index (κ2) is 24.7. The van der Waals surface area contributed by atoms with Gasteiger partial charge in [-0.2, -0.15) is 0 Å². The zero-order valence-electron chi connectivity index (χ0n) is 37.8. The second-order valence-electron chi connectivity index (χ2n) is 15.2. The number of ether oxygens (including phenoxy) is 2. The Morgan fingerprint density at radius 3 is 1.41 bits per heavy atom. The summed E-state index contributed by atoms with van der Waals surface area (Å²) in [4.78, 5) is 71.9. The number of aromatic carboxylic acids is 1. The summed E-state index contributed by atoms with van der Waals surface area (Å²) >= 11 is 11.8. The molecule has 0 radical (unpaired) electrons. The first-order valence-corrected chi connectivity index (χ1v) is 21.0. The zero-order chi connectivity index (χ0) is 48.1. The molecule has 16 heteroatoms. The van der Waals surface area contributed by atoms with Crippen molar-refractivity contribution in [2.45, 2.75) is 52.6 Å². The molecule has 0 aliphatic heterocycles. The monoisotopic (exact) mass is 958 g/mol. The predicted molar refractivity (Wildman–Crippen MR) is 261 cm³/mol. The number of carboxylic acid groups (broad SMARTS) is 1. The number of esters is 2. The highest BCUT2D eigenvalue weighted by Crippen LogP contribution is 2.24. The summed E-state index contributed by atoms with van der Waals surface area (Å²) in [6, 6.07) is 27.3. The fourth-order valence-corrected chi connectivity index (χ4v) is 7.48. The average molecular weight is 960 g/mol. The number of methoxy groups -OCH3 is 2. The Balaban J connectivity index is 0.000000293. The number of rotatable bonds is 11. The molecular formula is C50H53Cl3N4O9. The molecule has 0 aliphatic carbocycles. The van der Waals surface area contributed by atoms with Gasteiger partial charge < -0.3 is 34.8 Å². The summed E-state index contributed by atoms with van der Waals surface area (Å²) in [5.74, 6) is -2.41. The van der Waals surface area contributed by atoms with Crippen molar-refractivity contribution in [2.24, 2.45) is 19.8 Å². The third-order valence-electron chi connectivity index (χ3n) is 10.5. The third-order valence-corrected chi connectivity index (χ3v) is 11.1. The number of hydrogen-bond donors (Lipinski definition) is 3. The summed E-state index contributed by atoms with van der Waals surface area (Å²) in [5.41, 5.74) is 14.1. The van der Waals surface area contributed by atoms with Crippen LogP contribution in [0.25, 0.3) is 22.3 Å². The summed E-state index contributed by atoms with van der Waals surface area (Å²) in [5, 5.41) is 12.0. The lowest BCUT2D eigenvalue weighted by molar-refractivity contribution is -0.143. The summed E-state index contributed by atoms with van der Waals surface area (Å²) < 4.78 is 12.6. The molecule has 0 saturated carbocycles. The van der Waals surface area contributed by atoms with E-state index in [9.17, 15) is 28.8 Å². The van der Waals surface area contributed by atoms with Gasteiger partial charge in [-0.1, -0.05) is 96.0 Å². The van der Waals surface area contributed by atoms with Crippen molar-refractivity contribution in [1.82, 2.24) is 14.5 Å². The molecule has 348 valence electrons. The van der Waals surface area contributed by atoms with Gasteiger partial charge in [0.2, 0.25) is 0 Å². The van der Waals surface area contributed by atoms with E-state index in [1.807, 2.05) is 74.5 Å². The van der Waals surface area contributed by atoms with E-state index in [0.717, 1.165) is 33.4 Å². The van der Waals surface area contributed by atoms with Crippen LogP contribution < -0.4 is 22.2 Å². The fourth-order valence-electron chi connectivity index (χ4n) is 6.87. The minimum absolute atomic E-state index is 0. The molecule has 13 nitrogen and oxygen atoms in total. The van der Waals surface area contributed by atoms with Crippen LogP contribution in [0.15, 0.2) is 119 Å². The van der Waals surface area contributed by atoms with E-state index in [2.05, 4.69) is 10.1 Å². The second-order valence-corrected chi connectivity index (χ2v) is 16.0. The van der Waals surface area contributed by atoms with Gasteiger partial charge >= 0.3 is 17.9 Å². The number of nitrogens with one attached hydrogen (secondary N) is 1. The van der Waals surface area contributed by atoms with Crippen LogP contribution in [0, 0.1) is 27.7 Å². The maximum Gasteiger partial charge on any atom is 0.337 e. The fraction of sp³-hybridized carbons (Fsp3) is 0.240. The SMILES string of the molecule is COC(=O)C(Cc1ccc(-c2c(C)ccn(C)c2=O)cc1)NC(=O)c1c(C)cccc1Cl.COC(=O)C(N)Cc1ccc(-c2c(C)ccn(C)c2=O)cc1.Cc1cccc(Cl)c1C(=O)O.Cl. The maximum absolute atomic E-state index is 12.8. The summed E-state index contributed by atoms with van der Waals surface area (Å²) in [7, 11) is 6.04. The number of aryl methyl sites for hydroxylation is 6. The molecule has 0 spiro atoms. The van der Waals surface area contributed by atoms with Gasteiger partial charge in [0, 0.05) is 32.9 Å². The highest BCUT2D eigenvalue weighted by Gasteiger charge is 2.25. The highest BCUT2D eigenvalue weighted by atomic mass is 35.5. The van der Waals surface area contributed by atoms with Crippen molar-refractivity contribution in [3.63, 3.8) is 0 Å². The van der Waals surface area contributed by atoms with Gasteiger partial charge in [-0.25, -0.2) is 9.59 Å². The van der Waals surface area contributed by atoms with E-state index in [4.69, 9.17) is 38.8 Å². The number of nitrogens with two attached hydrogens (primary N) is 1. The lowest BCUT2D eigenvalue weighted by Gasteiger charge is -2.18. The van der Waals surface area contributed by atoms with Gasteiger partial charge in [0.25, 0.3) is 17.0 Å². The third kappa shape index (κ3) is 13.8. The lowest BCUT2D eigenvalue weighted by atomic mass is 9.98. The first kappa shape index (κ1) is 53.8. The average Bonchev–Trinajstić information content (AvgIpc) is 3.27. The Labute approximate surface area is 399 Å². The largest absolute Gasteiger partial charge is 0.478 e. The number of pyridine rings is 2. The molecule has 66 heavy (non-hydrogen) atoms. The highest BCUT2D eigenvalue weighted by molar-refractivity contribution is 6.34. The quantitative estimate of drug-likeness (QED) is 0.107. The normalized spacial score (nSPS) is 11.3. The number of amides is 1. The van der Waals surface area contributed by atoms with Gasteiger partial charge in [-0.3, -0.25) is 19.2 Å². The molecule has 2 unspecified atom stereocenters. The number of halogens is 3. The first-order valence-electron chi connectivity index (χ1n) is 20.3. The molecule has 0 saturated heterocycles. The van der Waals surface area contributed by atoms with Crippen molar-refractivity contribution in [1.29, 1.82) is 0 Å². The van der Waals surface area contributed by atoms with E-state index in [-0.39, 0.29) is 40.5 Å². The summed E-state index contributed by atoms with van der Waals surface area (Å²) in [6.07, 6.45) is 4.12. The Bertz CT molecular complexity index is 2770. The minimum Gasteiger partial charge on any atom is -0.478 e. The van der Waals surface area contributed by atoms with E-state index < -0.39 is 35.9 Å². The van der Waals surface area contributed by atoms with E-state index >= 15 is 0 Å². The molecule has 2 heterocycles. The number of carbonyl (C=O) groups excluding carboxylic acids is 3. The topological polar surface area (TPSA) is 189 Å². The Morgan fingerprint density at radius 1 is 0.621 bits per heavy atom. The molecule has 6 aromatic rings. The van der Waals surface area contributed by atoms with Crippen molar-refractivity contribution < 1.29 is 33.8 Å². The molecule has 6 rings (SSSR count). The minimum atomic E-state index is -0.979. The Kier molecular flexibility index (Phi) is 20.1. The van der Waals surface area contributed by atoms with Gasteiger partial charge in [-0.05, 0) is 103 Å². The number of nitrogens with zero attached hydrogens (tertiary/aromatic N) is 2. The molecule has 0 aliphatic rings. The molecule has 1 amide bonds. The predicted octanol–water partition coefficient (Wildman–Crippen LogP) is 8.01. The van der Waals surface area contributed by atoms with Gasteiger partial charge in [0.15, 0.2) is 0 Å². The standard InChI is InChI=1S/C25H25ClN2O4.C17H20N2O3.C8H7ClO2.ClH/c1-15-6-5-7-19(26)22(15)23(29)27-20(25(31)32-4)14-17-8-10-18(11-9-17)21-16(2)12-13-28(3)24(21)30;1-11-8-9-19(2)16(20)15(11)13-6-4-12(5-7-13)10-14(18)17(21)22-3;1-5-3-2-4-6(9)7(5)8(10)11;/h5-13,20H,14H2,1-4H3,(H,27,29);4-9,14H,10,18H2,1-3H3;2-4H,1H3,(H,10,11);1H. The van der Waals surface area contributed by atoms with Gasteiger partial charge in [-0.15, -0.1) is 12.4 Å². The van der Waals surface area contributed by atoms with Crippen molar-refractivity contribution in [3.05, 3.63) is 185 Å². The van der Waals surface area contributed by atoms with Gasteiger partial charge in [0.05, 0.1) is 46.5 Å². The van der Waals surface area contributed by atoms with Crippen LogP contribution in [0.5, 0.6) is 0 Å². The molecule has 2 aromatic heterocycles. The van der Waals surface area contributed by atoms with Crippen molar-refractivity contribution in [2.75, 3.05) is 14.2 Å². The number of benzene rings is 4. The molecule has 0 bridgehead atoms. The van der Waals surface area contributed by atoms with Crippen LogP contribution in [-0.2, 0) is 46.0 Å². The Morgan fingerprint density at radius 2 is 1.03 bits per heavy atom. The molecular weight excluding hydrogens is 907 g/mol. The van der Waals surface area contributed by atoms with Crippen LogP contribution >= 0.6 is 35.6 Å². The molecule has 4 aromatic carbocycles. The number of hydrogen-bond acceptors (Lipinski definition) is 9. The maximum atomic E-state index is 12.8. The van der Waals surface area contributed by atoms with E-state index in [1.165, 1.54) is 18.8 Å². The summed E-state index contributed by atoms with van der Waals surface area (Å²) in [6.45, 7) is 7.31. The Hall–Kier alpha value is -6.51. The van der Waals surface area contributed by atoms with Gasteiger partial charge in [0.1, 0.15) is 12.1 Å². The van der Waals surface area contributed by atoms with E-state index in [0.29, 0.717) is 39.3 Å². The zero-order valence-corrected chi connectivity index (χ0v) is 40.1. The number of carbonyl (C=O) groups is 4. The van der Waals surface area contributed by atoms with Crippen LogP contribution in [0.1, 0.15) is 54.1 Å². The van der Waals surface area contributed by atoms with Crippen LogP contribution in [0.2, 0.25) is 10.0 Å².